The highest BCUT2D eigenvalue weighted by atomic mass is 32.2. The summed E-state index contributed by atoms with van der Waals surface area (Å²) in [4.78, 5) is 22.4. The standard InChI is InChI=1S/C24H21N7O4S/c1-36(33,34)30-14-16(35-20-10-6-5-9-19(20)30)11-25-24-26-12-17-21-18(13-27-29-21)23(32)31(22(17)28-24)15-7-3-2-4-8-15/h2-10,12-13,16H,11,14H2,1H3,(H,27,29)(H,25,26,28)/t16-/m0/s1. The van der Waals surface area contributed by atoms with Crippen LogP contribution in [-0.2, 0) is 10.0 Å². The topological polar surface area (TPSA) is 135 Å². The van der Waals surface area contributed by atoms with Gasteiger partial charge in [-0.3, -0.25) is 18.8 Å². The summed E-state index contributed by atoms with van der Waals surface area (Å²) < 4.78 is 33.7. The van der Waals surface area contributed by atoms with E-state index in [0.29, 0.717) is 39.1 Å². The molecule has 0 unspecified atom stereocenters. The van der Waals surface area contributed by atoms with E-state index in [2.05, 4.69) is 25.5 Å². The normalized spacial score (nSPS) is 15.6. The minimum absolute atomic E-state index is 0.139. The number of hydrogen-bond acceptors (Lipinski definition) is 8. The molecule has 0 saturated carbocycles. The molecule has 4 heterocycles. The number of aromatic amines is 1. The molecule has 0 saturated heterocycles. The van der Waals surface area contributed by atoms with Crippen LogP contribution in [0.5, 0.6) is 5.75 Å². The Labute approximate surface area is 205 Å². The number of benzene rings is 2. The van der Waals surface area contributed by atoms with Crippen LogP contribution in [0.15, 0.2) is 71.8 Å². The molecular weight excluding hydrogens is 482 g/mol. The summed E-state index contributed by atoms with van der Waals surface area (Å²) in [6.45, 7) is 0.383. The molecule has 1 aliphatic heterocycles. The summed E-state index contributed by atoms with van der Waals surface area (Å²) in [6.07, 6.45) is 3.81. The summed E-state index contributed by atoms with van der Waals surface area (Å²) in [5.74, 6) is 0.763. The van der Waals surface area contributed by atoms with Crippen molar-refractivity contribution in [2.75, 3.05) is 29.0 Å². The molecule has 0 spiro atoms. The Morgan fingerprint density at radius 2 is 1.86 bits per heavy atom. The fraction of sp³-hybridized carbons (Fsp3) is 0.167. The van der Waals surface area contributed by atoms with Crippen LogP contribution in [0.25, 0.3) is 27.6 Å². The van der Waals surface area contributed by atoms with Gasteiger partial charge in [0.25, 0.3) is 5.56 Å². The highest BCUT2D eigenvalue weighted by molar-refractivity contribution is 7.92. The lowest BCUT2D eigenvalue weighted by Crippen LogP contribution is -2.46. The molecule has 3 aromatic heterocycles. The first kappa shape index (κ1) is 22.0. The number of H-pyrrole nitrogens is 1. The Morgan fingerprint density at radius 3 is 2.67 bits per heavy atom. The molecule has 182 valence electrons. The van der Waals surface area contributed by atoms with E-state index in [-0.39, 0.29) is 24.6 Å². The number of nitrogens with zero attached hydrogens (tertiary/aromatic N) is 5. The fourth-order valence-electron chi connectivity index (χ4n) is 4.38. The third kappa shape index (κ3) is 3.71. The minimum atomic E-state index is -3.49. The van der Waals surface area contributed by atoms with Crippen molar-refractivity contribution in [1.82, 2.24) is 24.7 Å². The van der Waals surface area contributed by atoms with Crippen LogP contribution in [0, 0.1) is 0 Å². The van der Waals surface area contributed by atoms with Crippen molar-refractivity contribution >= 4 is 43.6 Å². The molecule has 0 aliphatic carbocycles. The third-order valence-corrected chi connectivity index (χ3v) is 7.17. The van der Waals surface area contributed by atoms with Gasteiger partial charge in [0, 0.05) is 6.20 Å². The molecular formula is C24H21N7O4S. The number of fused-ring (bicyclic) bond motifs is 4. The summed E-state index contributed by atoms with van der Waals surface area (Å²) >= 11 is 0. The van der Waals surface area contributed by atoms with E-state index in [1.807, 2.05) is 30.3 Å². The van der Waals surface area contributed by atoms with E-state index in [9.17, 15) is 13.2 Å². The lowest BCUT2D eigenvalue weighted by molar-refractivity contribution is 0.212. The maximum absolute atomic E-state index is 13.3. The van der Waals surface area contributed by atoms with Gasteiger partial charge in [0.1, 0.15) is 11.9 Å². The number of sulfonamides is 1. The molecule has 11 nitrogen and oxygen atoms in total. The van der Waals surface area contributed by atoms with Crippen LogP contribution in [-0.4, -0.2) is 58.6 Å². The van der Waals surface area contributed by atoms with Crippen LogP contribution >= 0.6 is 0 Å². The van der Waals surface area contributed by atoms with Gasteiger partial charge >= 0.3 is 0 Å². The monoisotopic (exact) mass is 503 g/mol. The average molecular weight is 504 g/mol. The number of hydrogen-bond donors (Lipinski definition) is 2. The van der Waals surface area contributed by atoms with Crippen LogP contribution < -0.4 is 19.9 Å². The lowest BCUT2D eigenvalue weighted by atomic mass is 10.2. The van der Waals surface area contributed by atoms with Crippen molar-refractivity contribution < 1.29 is 13.2 Å². The van der Waals surface area contributed by atoms with E-state index >= 15 is 0 Å². The summed E-state index contributed by atoms with van der Waals surface area (Å²) in [7, 11) is -3.49. The zero-order chi connectivity index (χ0) is 24.9. The molecule has 36 heavy (non-hydrogen) atoms. The molecule has 2 aromatic carbocycles. The number of para-hydroxylation sites is 3. The zero-order valence-electron chi connectivity index (χ0n) is 19.1. The van der Waals surface area contributed by atoms with Crippen LogP contribution in [0.4, 0.5) is 11.6 Å². The molecule has 0 amide bonds. The van der Waals surface area contributed by atoms with Gasteiger partial charge in [0.15, 0.2) is 5.65 Å². The Kier molecular flexibility index (Phi) is 5.11. The second-order valence-corrected chi connectivity index (χ2v) is 10.4. The van der Waals surface area contributed by atoms with E-state index < -0.39 is 16.1 Å². The van der Waals surface area contributed by atoms with Crippen molar-refractivity contribution in [3.05, 3.63) is 77.3 Å². The molecule has 0 bridgehead atoms. The van der Waals surface area contributed by atoms with Crippen molar-refractivity contribution in [2.24, 2.45) is 0 Å². The average Bonchev–Trinajstić information content (AvgIpc) is 3.38. The molecule has 12 heteroatoms. The number of aromatic nitrogens is 5. The van der Waals surface area contributed by atoms with Gasteiger partial charge in [0.2, 0.25) is 16.0 Å². The van der Waals surface area contributed by atoms with E-state index in [4.69, 9.17) is 4.74 Å². The largest absolute Gasteiger partial charge is 0.484 e. The SMILES string of the molecule is CS(=O)(=O)N1C[C@H](CNc2ncc3c4[nH]ncc4c(=O)n(-c4ccccc4)c3n2)Oc2ccccc21. The summed E-state index contributed by atoms with van der Waals surface area (Å²) in [5, 5.41) is 11.1. The predicted molar refractivity (Wildman–Crippen MR) is 136 cm³/mol. The minimum Gasteiger partial charge on any atom is -0.484 e. The van der Waals surface area contributed by atoms with Gasteiger partial charge in [-0.2, -0.15) is 10.1 Å². The summed E-state index contributed by atoms with van der Waals surface area (Å²) in [5.41, 5.74) is 1.89. The maximum Gasteiger partial charge on any atom is 0.267 e. The first-order valence-electron chi connectivity index (χ1n) is 11.2. The van der Waals surface area contributed by atoms with E-state index in [1.165, 1.54) is 21.3 Å². The predicted octanol–water partition coefficient (Wildman–Crippen LogP) is 2.30. The number of ether oxygens (including phenoxy) is 1. The Balaban J connectivity index is 1.36. The maximum atomic E-state index is 13.3. The zero-order valence-corrected chi connectivity index (χ0v) is 19.9. The van der Waals surface area contributed by atoms with Crippen molar-refractivity contribution in [3.63, 3.8) is 0 Å². The van der Waals surface area contributed by atoms with Crippen molar-refractivity contribution in [1.29, 1.82) is 0 Å². The van der Waals surface area contributed by atoms with Gasteiger partial charge in [-0.15, -0.1) is 0 Å². The molecule has 0 fully saturated rings. The highest BCUT2D eigenvalue weighted by Gasteiger charge is 2.31. The molecule has 2 N–H and O–H groups in total. The van der Waals surface area contributed by atoms with Gasteiger partial charge in [-0.05, 0) is 24.3 Å². The molecule has 1 atom stereocenters. The van der Waals surface area contributed by atoms with Gasteiger partial charge < -0.3 is 10.1 Å². The fourth-order valence-corrected chi connectivity index (χ4v) is 5.33. The number of rotatable bonds is 5. The second-order valence-electron chi connectivity index (χ2n) is 8.45. The van der Waals surface area contributed by atoms with Gasteiger partial charge in [0.05, 0.1) is 53.2 Å². The lowest BCUT2D eigenvalue weighted by Gasteiger charge is -2.34. The number of pyridine rings is 1. The Bertz CT molecular complexity index is 1770. The first-order valence-corrected chi connectivity index (χ1v) is 13.0. The van der Waals surface area contributed by atoms with Crippen LogP contribution in [0.1, 0.15) is 0 Å². The van der Waals surface area contributed by atoms with Crippen LogP contribution in [0.2, 0.25) is 0 Å². The van der Waals surface area contributed by atoms with Crippen molar-refractivity contribution in [3.8, 4) is 11.4 Å². The Morgan fingerprint density at radius 1 is 1.08 bits per heavy atom. The number of nitrogens with one attached hydrogen (secondary N) is 2. The van der Waals surface area contributed by atoms with E-state index in [0.717, 1.165) is 0 Å². The molecule has 5 aromatic rings. The second kappa shape index (κ2) is 8.34. The number of anilines is 2. The first-order chi connectivity index (χ1) is 17.4. The third-order valence-electron chi connectivity index (χ3n) is 6.02. The van der Waals surface area contributed by atoms with E-state index in [1.54, 1.807) is 30.5 Å². The van der Waals surface area contributed by atoms with Crippen LogP contribution in [0.3, 0.4) is 0 Å². The smallest absolute Gasteiger partial charge is 0.267 e. The van der Waals surface area contributed by atoms with Crippen molar-refractivity contribution in [2.45, 2.75) is 6.10 Å². The Hall–Kier alpha value is -4.45. The molecule has 6 rings (SSSR count). The van der Waals surface area contributed by atoms with Gasteiger partial charge in [-0.25, -0.2) is 13.4 Å². The molecule has 1 aliphatic rings. The quantitative estimate of drug-likeness (QED) is 0.373. The highest BCUT2D eigenvalue weighted by Crippen LogP contribution is 2.34. The summed E-state index contributed by atoms with van der Waals surface area (Å²) in [6, 6.07) is 16.2. The molecule has 0 radical (unpaired) electrons. The van der Waals surface area contributed by atoms with Gasteiger partial charge in [-0.1, -0.05) is 30.3 Å².